The van der Waals surface area contributed by atoms with Crippen molar-refractivity contribution in [1.29, 1.82) is 0 Å². The van der Waals surface area contributed by atoms with Crippen LogP contribution in [0.5, 0.6) is 5.75 Å². The minimum Gasteiger partial charge on any atom is -0.485 e. The number of benzene rings is 1. The van der Waals surface area contributed by atoms with Crippen molar-refractivity contribution in [2.75, 3.05) is 20.2 Å². The largest absolute Gasteiger partial charge is 0.485 e. The lowest BCUT2D eigenvalue weighted by molar-refractivity contribution is 0.0600. The summed E-state index contributed by atoms with van der Waals surface area (Å²) in [5.74, 6) is 0.844. The first-order valence-electron chi connectivity index (χ1n) is 9.13. The summed E-state index contributed by atoms with van der Waals surface area (Å²) in [7, 11) is 1.34. The zero-order chi connectivity index (χ0) is 19.3. The van der Waals surface area contributed by atoms with Gasteiger partial charge < -0.3 is 19.3 Å². The van der Waals surface area contributed by atoms with Gasteiger partial charge in [0, 0.05) is 12.7 Å². The first kappa shape index (κ1) is 18.2. The minimum absolute atomic E-state index is 0.112. The molecule has 9 nitrogen and oxygen atoms in total. The van der Waals surface area contributed by atoms with Gasteiger partial charge in [-0.2, -0.15) is 10.1 Å². The van der Waals surface area contributed by atoms with Gasteiger partial charge in [-0.25, -0.2) is 4.79 Å². The van der Waals surface area contributed by atoms with Crippen LogP contribution in [0.3, 0.4) is 0 Å². The van der Waals surface area contributed by atoms with E-state index in [9.17, 15) is 4.79 Å². The predicted molar refractivity (Wildman–Crippen MR) is 98.8 cm³/mol. The van der Waals surface area contributed by atoms with Crippen molar-refractivity contribution in [3.8, 4) is 17.3 Å². The molecule has 0 saturated carbocycles. The van der Waals surface area contributed by atoms with Gasteiger partial charge in [0.25, 0.3) is 5.89 Å². The Balaban J connectivity index is 1.40. The van der Waals surface area contributed by atoms with E-state index in [1.165, 1.54) is 7.11 Å². The number of nitrogens with one attached hydrogen (secondary N) is 1. The van der Waals surface area contributed by atoms with Gasteiger partial charge in [0.1, 0.15) is 5.75 Å². The Morgan fingerprint density at radius 3 is 3.14 bits per heavy atom. The van der Waals surface area contributed by atoms with Gasteiger partial charge in [0.15, 0.2) is 12.3 Å². The molecule has 1 fully saturated rings. The number of aromatic nitrogens is 4. The van der Waals surface area contributed by atoms with Crippen LogP contribution in [0.15, 0.2) is 41.1 Å². The second-order valence-corrected chi connectivity index (χ2v) is 6.51. The number of hydrogen-bond donors (Lipinski definition) is 1. The molecule has 1 atom stereocenters. The lowest BCUT2D eigenvalue weighted by Crippen LogP contribution is -2.31. The van der Waals surface area contributed by atoms with Crippen molar-refractivity contribution in [2.24, 2.45) is 0 Å². The number of nitrogens with zero attached hydrogens (tertiary/aromatic N) is 4. The molecule has 0 radical (unpaired) electrons. The van der Waals surface area contributed by atoms with Crippen LogP contribution in [0.4, 0.5) is 0 Å². The molecule has 0 bridgehead atoms. The average Bonchev–Trinajstić information content (AvgIpc) is 3.42. The van der Waals surface area contributed by atoms with E-state index in [0.717, 1.165) is 25.9 Å². The molecule has 1 aromatic carbocycles. The molecule has 1 unspecified atom stereocenters. The second kappa shape index (κ2) is 8.22. The van der Waals surface area contributed by atoms with E-state index in [1.807, 2.05) is 16.9 Å². The fourth-order valence-corrected chi connectivity index (χ4v) is 3.11. The van der Waals surface area contributed by atoms with Gasteiger partial charge in [-0.15, -0.1) is 0 Å². The summed E-state index contributed by atoms with van der Waals surface area (Å²) < 4.78 is 17.6. The van der Waals surface area contributed by atoms with Crippen molar-refractivity contribution < 1.29 is 18.8 Å². The Morgan fingerprint density at radius 2 is 2.32 bits per heavy atom. The van der Waals surface area contributed by atoms with E-state index in [1.54, 1.807) is 24.3 Å². The topological polar surface area (TPSA) is 104 Å². The summed E-state index contributed by atoms with van der Waals surface area (Å²) in [5.41, 5.74) is 1.05. The molecule has 0 amide bonds. The van der Waals surface area contributed by atoms with E-state index >= 15 is 0 Å². The average molecular weight is 383 g/mol. The minimum atomic E-state index is -0.420. The molecule has 1 aliphatic heterocycles. The van der Waals surface area contributed by atoms with Gasteiger partial charge in [-0.3, -0.25) is 4.68 Å². The highest BCUT2D eigenvalue weighted by Crippen LogP contribution is 2.21. The number of rotatable bonds is 6. The smallest absolute Gasteiger partial charge is 0.337 e. The molecule has 28 heavy (non-hydrogen) atoms. The molecule has 9 heteroatoms. The second-order valence-electron chi connectivity index (χ2n) is 6.51. The molecule has 4 rings (SSSR count). The maximum Gasteiger partial charge on any atom is 0.337 e. The summed E-state index contributed by atoms with van der Waals surface area (Å²) in [6, 6.07) is 8.93. The van der Waals surface area contributed by atoms with Gasteiger partial charge in [0.2, 0.25) is 5.82 Å². The summed E-state index contributed by atoms with van der Waals surface area (Å²) in [5, 5.41) is 11.9. The number of methoxy groups -OCH3 is 1. The monoisotopic (exact) mass is 383 g/mol. The van der Waals surface area contributed by atoms with Crippen LogP contribution in [0.1, 0.15) is 35.1 Å². The third kappa shape index (κ3) is 4.04. The third-order valence-corrected chi connectivity index (χ3v) is 4.56. The number of esters is 1. The Kier molecular flexibility index (Phi) is 5.34. The molecule has 3 heterocycles. The number of piperidine rings is 1. The predicted octanol–water partition coefficient (Wildman–Crippen LogP) is 2.22. The van der Waals surface area contributed by atoms with Crippen molar-refractivity contribution >= 4 is 5.97 Å². The van der Waals surface area contributed by atoms with E-state index in [4.69, 9.17) is 14.0 Å². The Labute approximate surface area is 161 Å². The third-order valence-electron chi connectivity index (χ3n) is 4.56. The van der Waals surface area contributed by atoms with Crippen LogP contribution in [0.25, 0.3) is 11.6 Å². The van der Waals surface area contributed by atoms with Crippen LogP contribution in [0.2, 0.25) is 0 Å². The Morgan fingerprint density at radius 1 is 1.39 bits per heavy atom. The highest BCUT2D eigenvalue weighted by molar-refractivity contribution is 5.89. The lowest BCUT2D eigenvalue weighted by atomic mass is 10.1. The van der Waals surface area contributed by atoms with Crippen LogP contribution in [-0.2, 0) is 11.3 Å². The van der Waals surface area contributed by atoms with E-state index in [-0.39, 0.29) is 6.61 Å². The molecule has 1 saturated heterocycles. The maximum atomic E-state index is 11.6. The molecule has 2 aromatic heterocycles. The molecular weight excluding hydrogens is 362 g/mol. The van der Waals surface area contributed by atoms with E-state index in [2.05, 4.69) is 20.6 Å². The molecule has 146 valence electrons. The van der Waals surface area contributed by atoms with Crippen LogP contribution < -0.4 is 10.1 Å². The van der Waals surface area contributed by atoms with Gasteiger partial charge >= 0.3 is 5.97 Å². The fourth-order valence-electron chi connectivity index (χ4n) is 3.11. The molecule has 1 aliphatic rings. The van der Waals surface area contributed by atoms with E-state index < -0.39 is 5.97 Å². The molecular formula is C19H21N5O4. The molecule has 3 aromatic rings. The van der Waals surface area contributed by atoms with Crippen molar-refractivity contribution in [3.05, 3.63) is 47.9 Å². The normalized spacial score (nSPS) is 16.7. The standard InChI is InChI=1S/C19H21N5O4/c1-26-19(25)13-4-2-6-15(10-13)27-12-17-21-18(28-23-17)16-7-9-24(22-16)14-5-3-8-20-11-14/h2,4,6-7,9-10,14,20H,3,5,8,11-12H2,1H3. The van der Waals surface area contributed by atoms with Crippen LogP contribution in [-0.4, -0.2) is 46.1 Å². The zero-order valence-electron chi connectivity index (χ0n) is 15.5. The summed E-state index contributed by atoms with van der Waals surface area (Å²) in [6.45, 7) is 2.08. The summed E-state index contributed by atoms with van der Waals surface area (Å²) >= 11 is 0. The molecule has 0 spiro atoms. The first-order chi connectivity index (χ1) is 13.7. The van der Waals surface area contributed by atoms with Crippen LogP contribution in [0, 0.1) is 0 Å². The molecule has 1 N–H and O–H groups in total. The maximum absolute atomic E-state index is 11.6. The fraction of sp³-hybridized carbons (Fsp3) is 0.368. The number of hydrogen-bond acceptors (Lipinski definition) is 8. The summed E-state index contributed by atoms with van der Waals surface area (Å²) in [4.78, 5) is 15.9. The highest BCUT2D eigenvalue weighted by atomic mass is 16.5. The molecule has 0 aliphatic carbocycles. The SMILES string of the molecule is COC(=O)c1cccc(OCc2noc(-c3ccn(C4CCCNC4)n3)n2)c1. The lowest BCUT2D eigenvalue weighted by Gasteiger charge is -2.22. The van der Waals surface area contributed by atoms with Crippen LogP contribution >= 0.6 is 0 Å². The number of carbonyl (C=O) groups is 1. The van der Waals surface area contributed by atoms with Gasteiger partial charge in [0.05, 0.1) is 18.7 Å². The Bertz CT molecular complexity index is 945. The first-order valence-corrected chi connectivity index (χ1v) is 9.13. The highest BCUT2D eigenvalue weighted by Gasteiger charge is 2.18. The summed E-state index contributed by atoms with van der Waals surface area (Å²) in [6.07, 6.45) is 4.17. The Hall–Kier alpha value is -3.20. The number of carbonyl (C=O) groups excluding carboxylic acids is 1. The van der Waals surface area contributed by atoms with E-state index in [0.29, 0.717) is 34.8 Å². The van der Waals surface area contributed by atoms with Crippen molar-refractivity contribution in [2.45, 2.75) is 25.5 Å². The van der Waals surface area contributed by atoms with Gasteiger partial charge in [-0.1, -0.05) is 11.2 Å². The van der Waals surface area contributed by atoms with Crippen molar-refractivity contribution in [1.82, 2.24) is 25.2 Å². The zero-order valence-corrected chi connectivity index (χ0v) is 15.5. The van der Waals surface area contributed by atoms with Gasteiger partial charge in [-0.05, 0) is 43.7 Å². The number of ether oxygens (including phenoxy) is 2. The quantitative estimate of drug-likeness (QED) is 0.646. The van der Waals surface area contributed by atoms with Crippen molar-refractivity contribution in [3.63, 3.8) is 0 Å².